The topological polar surface area (TPSA) is 96.2 Å². The van der Waals surface area contributed by atoms with Crippen LogP contribution in [-0.2, 0) is 14.3 Å². The minimum absolute atomic E-state index is 0.179. The fourth-order valence-electron chi connectivity index (χ4n) is 3.97. The number of carbonyl (C=O) groups is 1. The Morgan fingerprint density at radius 2 is 0.909 bits per heavy atom. The maximum Gasteiger partial charge on any atom is 0.343 e. The molecule has 0 spiro atoms. The molecule has 0 amide bonds. The number of aliphatic hydroxyl groups is 3. The Balaban J connectivity index is 3.76. The molecule has 0 aliphatic rings. The van der Waals surface area contributed by atoms with E-state index in [1.807, 2.05) is 0 Å². The summed E-state index contributed by atoms with van der Waals surface area (Å²) in [6, 6.07) is 0. The fourth-order valence-corrected chi connectivity index (χ4v) is 3.97. The van der Waals surface area contributed by atoms with Crippen molar-refractivity contribution in [2.24, 2.45) is 0 Å². The van der Waals surface area contributed by atoms with E-state index in [4.69, 9.17) is 9.47 Å². The monoisotopic (exact) mass is 474 g/mol. The molecule has 0 rings (SSSR count). The smallest absolute Gasteiger partial charge is 0.343 e. The molecule has 0 bridgehead atoms. The molecule has 0 fully saturated rings. The molecule has 198 valence electrons. The summed E-state index contributed by atoms with van der Waals surface area (Å²) in [5.41, 5.74) is 0. The molecular formula is C27H54O6. The van der Waals surface area contributed by atoms with Crippen LogP contribution in [0.5, 0.6) is 0 Å². The van der Waals surface area contributed by atoms with Crippen LogP contribution in [0.15, 0.2) is 0 Å². The molecule has 0 aliphatic carbocycles. The van der Waals surface area contributed by atoms with Crippen molar-refractivity contribution >= 4 is 5.97 Å². The van der Waals surface area contributed by atoms with Gasteiger partial charge in [-0.1, -0.05) is 129 Å². The van der Waals surface area contributed by atoms with Gasteiger partial charge in [0.05, 0.1) is 6.61 Å². The van der Waals surface area contributed by atoms with Crippen LogP contribution < -0.4 is 0 Å². The first-order valence-electron chi connectivity index (χ1n) is 13.9. The molecule has 0 heterocycles. The van der Waals surface area contributed by atoms with E-state index >= 15 is 0 Å². The van der Waals surface area contributed by atoms with Crippen molar-refractivity contribution in [3.05, 3.63) is 0 Å². The Hall–Kier alpha value is -0.690. The van der Waals surface area contributed by atoms with Gasteiger partial charge in [-0.05, 0) is 12.8 Å². The van der Waals surface area contributed by atoms with Gasteiger partial charge < -0.3 is 24.8 Å². The van der Waals surface area contributed by atoms with Crippen LogP contribution in [0.25, 0.3) is 0 Å². The Morgan fingerprint density at radius 3 is 1.27 bits per heavy atom. The molecule has 6 heteroatoms. The third-order valence-electron chi connectivity index (χ3n) is 6.09. The first-order chi connectivity index (χ1) is 15.9. The van der Waals surface area contributed by atoms with Gasteiger partial charge >= 0.3 is 11.9 Å². The SMILES string of the molecule is CCCCCCCCCCCCOC(=O)C(OCCCCCCCCCCCC)C(O)(O)O. The molecule has 1 unspecified atom stereocenters. The largest absolute Gasteiger partial charge is 0.464 e. The molecule has 0 aliphatic heterocycles. The van der Waals surface area contributed by atoms with Crippen molar-refractivity contribution in [2.75, 3.05) is 13.2 Å². The Labute approximate surface area is 203 Å². The summed E-state index contributed by atoms with van der Waals surface area (Å²) < 4.78 is 10.4. The summed E-state index contributed by atoms with van der Waals surface area (Å²) in [4.78, 5) is 12.1. The van der Waals surface area contributed by atoms with Gasteiger partial charge in [0.1, 0.15) is 0 Å². The Morgan fingerprint density at radius 1 is 0.576 bits per heavy atom. The van der Waals surface area contributed by atoms with E-state index in [9.17, 15) is 20.1 Å². The molecule has 0 aromatic carbocycles. The minimum atomic E-state index is -3.23. The molecule has 0 aromatic rings. The second-order valence-corrected chi connectivity index (χ2v) is 9.47. The number of ether oxygens (including phenoxy) is 2. The zero-order chi connectivity index (χ0) is 24.6. The van der Waals surface area contributed by atoms with Crippen molar-refractivity contribution in [1.82, 2.24) is 0 Å². The van der Waals surface area contributed by atoms with Crippen LogP contribution in [0.4, 0.5) is 0 Å². The van der Waals surface area contributed by atoms with Crippen molar-refractivity contribution in [3.63, 3.8) is 0 Å². The summed E-state index contributed by atoms with van der Waals surface area (Å²) in [6.07, 6.45) is 21.7. The lowest BCUT2D eigenvalue weighted by molar-refractivity contribution is -0.355. The van der Waals surface area contributed by atoms with Crippen molar-refractivity contribution in [3.8, 4) is 0 Å². The molecule has 3 N–H and O–H groups in total. The molecular weight excluding hydrogens is 420 g/mol. The highest BCUT2D eigenvalue weighted by atomic mass is 16.7. The average Bonchev–Trinajstić information content (AvgIpc) is 2.77. The normalized spacial score (nSPS) is 12.8. The van der Waals surface area contributed by atoms with E-state index in [0.29, 0.717) is 6.42 Å². The van der Waals surface area contributed by atoms with E-state index in [1.54, 1.807) is 0 Å². The van der Waals surface area contributed by atoms with Gasteiger partial charge in [0.15, 0.2) is 0 Å². The van der Waals surface area contributed by atoms with E-state index in [0.717, 1.165) is 32.1 Å². The third kappa shape index (κ3) is 21.6. The van der Waals surface area contributed by atoms with E-state index in [1.165, 1.54) is 89.9 Å². The molecule has 1 atom stereocenters. The number of esters is 1. The second-order valence-electron chi connectivity index (χ2n) is 9.47. The Bertz CT molecular complexity index is 421. The average molecular weight is 475 g/mol. The predicted molar refractivity (Wildman–Crippen MR) is 134 cm³/mol. The van der Waals surface area contributed by atoms with E-state index < -0.39 is 18.0 Å². The molecule has 33 heavy (non-hydrogen) atoms. The van der Waals surface area contributed by atoms with Gasteiger partial charge in [-0.15, -0.1) is 0 Å². The minimum Gasteiger partial charge on any atom is -0.464 e. The lowest BCUT2D eigenvalue weighted by Gasteiger charge is -2.24. The third-order valence-corrected chi connectivity index (χ3v) is 6.09. The van der Waals surface area contributed by atoms with Gasteiger partial charge in [0.2, 0.25) is 6.10 Å². The van der Waals surface area contributed by atoms with Crippen LogP contribution in [0.3, 0.4) is 0 Å². The second kappa shape index (κ2) is 23.1. The van der Waals surface area contributed by atoms with E-state index in [-0.39, 0.29) is 13.2 Å². The highest BCUT2D eigenvalue weighted by Gasteiger charge is 2.40. The van der Waals surface area contributed by atoms with Crippen LogP contribution in [0.2, 0.25) is 0 Å². The maximum atomic E-state index is 12.1. The summed E-state index contributed by atoms with van der Waals surface area (Å²) >= 11 is 0. The van der Waals surface area contributed by atoms with Crippen LogP contribution >= 0.6 is 0 Å². The lowest BCUT2D eigenvalue weighted by Crippen LogP contribution is -2.49. The molecule has 6 nitrogen and oxygen atoms in total. The van der Waals surface area contributed by atoms with Crippen molar-refractivity contribution in [1.29, 1.82) is 0 Å². The molecule has 0 radical (unpaired) electrons. The quantitative estimate of drug-likeness (QED) is 0.0806. The number of rotatable bonds is 25. The summed E-state index contributed by atoms with van der Waals surface area (Å²) in [5, 5.41) is 28.4. The van der Waals surface area contributed by atoms with Crippen LogP contribution in [0, 0.1) is 0 Å². The van der Waals surface area contributed by atoms with Gasteiger partial charge in [-0.3, -0.25) is 0 Å². The number of unbranched alkanes of at least 4 members (excludes halogenated alkanes) is 18. The fraction of sp³-hybridized carbons (Fsp3) is 0.963. The summed E-state index contributed by atoms with van der Waals surface area (Å²) in [6.45, 7) is 4.82. The Kier molecular flexibility index (Phi) is 22.6. The first-order valence-corrected chi connectivity index (χ1v) is 13.9. The number of hydrogen-bond acceptors (Lipinski definition) is 6. The number of carbonyl (C=O) groups excluding carboxylic acids is 1. The van der Waals surface area contributed by atoms with Gasteiger partial charge in [0.25, 0.3) is 0 Å². The predicted octanol–water partition coefficient (Wildman–Crippen LogP) is 6.39. The van der Waals surface area contributed by atoms with Gasteiger partial charge in [-0.2, -0.15) is 0 Å². The lowest BCUT2D eigenvalue weighted by atomic mass is 10.1. The molecule has 0 saturated carbocycles. The first kappa shape index (κ1) is 32.3. The van der Waals surface area contributed by atoms with Crippen LogP contribution in [-0.4, -0.2) is 46.6 Å². The number of hydrogen-bond donors (Lipinski definition) is 3. The summed E-state index contributed by atoms with van der Waals surface area (Å²) in [5.74, 6) is -4.15. The zero-order valence-electron chi connectivity index (χ0n) is 21.7. The highest BCUT2D eigenvalue weighted by Crippen LogP contribution is 2.14. The highest BCUT2D eigenvalue weighted by molar-refractivity contribution is 5.75. The summed E-state index contributed by atoms with van der Waals surface area (Å²) in [7, 11) is 0. The van der Waals surface area contributed by atoms with Crippen molar-refractivity contribution < 1.29 is 29.6 Å². The maximum absolute atomic E-state index is 12.1. The zero-order valence-corrected chi connectivity index (χ0v) is 21.7. The van der Waals surface area contributed by atoms with Crippen LogP contribution in [0.1, 0.15) is 142 Å². The standard InChI is InChI=1S/C27H54O6/c1-3-5-7-9-11-13-15-17-19-21-23-32-25(27(29,30)31)26(28)33-24-22-20-18-16-14-12-10-8-6-4-2/h25,29-31H,3-24H2,1-2H3. The van der Waals surface area contributed by atoms with Gasteiger partial charge in [0, 0.05) is 6.61 Å². The molecule has 0 aromatic heterocycles. The van der Waals surface area contributed by atoms with E-state index in [2.05, 4.69) is 13.8 Å². The van der Waals surface area contributed by atoms with Crippen molar-refractivity contribution in [2.45, 2.75) is 154 Å². The molecule has 0 saturated heterocycles. The van der Waals surface area contributed by atoms with Gasteiger partial charge in [-0.25, -0.2) is 4.79 Å².